The zero-order valence-electron chi connectivity index (χ0n) is 5.54. The second kappa shape index (κ2) is 2.73. The number of nitrogens with zero attached hydrogens (tertiary/aromatic N) is 2. The van der Waals surface area contributed by atoms with E-state index in [0.29, 0.717) is 6.54 Å². The molecule has 3 nitrogen and oxygen atoms in total. The molecule has 1 aliphatic rings. The molecule has 50 valence electrons. The molecular formula is C6H11N3. The van der Waals surface area contributed by atoms with Crippen molar-refractivity contribution in [2.45, 2.75) is 19.4 Å². The fourth-order valence-electron chi connectivity index (χ4n) is 0.732. The number of rotatable bonds is 2. The average Bonchev–Trinajstić information content (AvgIpc) is 2.37. The van der Waals surface area contributed by atoms with Gasteiger partial charge in [-0.05, 0) is 12.5 Å². The van der Waals surface area contributed by atoms with Crippen LogP contribution in [0.2, 0.25) is 0 Å². The Morgan fingerprint density at radius 1 is 1.89 bits per heavy atom. The van der Waals surface area contributed by atoms with Gasteiger partial charge in [-0.3, -0.25) is 0 Å². The number of hydrogen-bond donors (Lipinski definition) is 1. The SMILES string of the molecule is CCC(N)C1=CCN=N1. The highest BCUT2D eigenvalue weighted by Crippen LogP contribution is 2.10. The van der Waals surface area contributed by atoms with Crippen LogP contribution in [0.4, 0.5) is 0 Å². The summed E-state index contributed by atoms with van der Waals surface area (Å²) in [5.41, 5.74) is 6.60. The van der Waals surface area contributed by atoms with Gasteiger partial charge in [0.25, 0.3) is 0 Å². The van der Waals surface area contributed by atoms with Crippen LogP contribution in [0.3, 0.4) is 0 Å². The molecule has 1 rings (SSSR count). The standard InChI is InChI=1S/C6H11N3/c1-2-5(7)6-3-4-8-9-6/h3,5H,2,4,7H2,1H3. The molecule has 0 aromatic heterocycles. The topological polar surface area (TPSA) is 50.7 Å². The Morgan fingerprint density at radius 3 is 3.11 bits per heavy atom. The van der Waals surface area contributed by atoms with Crippen molar-refractivity contribution in [3.05, 3.63) is 11.8 Å². The van der Waals surface area contributed by atoms with Gasteiger partial charge < -0.3 is 5.73 Å². The molecule has 1 unspecified atom stereocenters. The van der Waals surface area contributed by atoms with E-state index in [1.165, 1.54) is 0 Å². The van der Waals surface area contributed by atoms with Crippen LogP contribution in [0.5, 0.6) is 0 Å². The summed E-state index contributed by atoms with van der Waals surface area (Å²) >= 11 is 0. The van der Waals surface area contributed by atoms with Crippen molar-refractivity contribution in [3.63, 3.8) is 0 Å². The first-order valence-corrected chi connectivity index (χ1v) is 3.17. The molecule has 0 bridgehead atoms. The monoisotopic (exact) mass is 125 g/mol. The lowest BCUT2D eigenvalue weighted by molar-refractivity contribution is 0.728. The zero-order valence-corrected chi connectivity index (χ0v) is 5.54. The van der Waals surface area contributed by atoms with Crippen LogP contribution in [0.25, 0.3) is 0 Å². The molecule has 0 amide bonds. The Balaban J connectivity index is 2.51. The van der Waals surface area contributed by atoms with Crippen LogP contribution in [0.15, 0.2) is 22.0 Å². The lowest BCUT2D eigenvalue weighted by Crippen LogP contribution is -2.19. The third-order valence-electron chi connectivity index (χ3n) is 1.39. The van der Waals surface area contributed by atoms with Crippen molar-refractivity contribution in [3.8, 4) is 0 Å². The predicted octanol–water partition coefficient (Wildman–Crippen LogP) is 1.07. The van der Waals surface area contributed by atoms with E-state index in [1.807, 2.05) is 13.0 Å². The summed E-state index contributed by atoms with van der Waals surface area (Å²) in [6, 6.07) is 0.0937. The Bertz CT molecular complexity index is 148. The second-order valence-corrected chi connectivity index (χ2v) is 2.07. The van der Waals surface area contributed by atoms with Gasteiger partial charge in [0.1, 0.15) is 0 Å². The molecular weight excluding hydrogens is 114 g/mol. The maximum absolute atomic E-state index is 5.66. The van der Waals surface area contributed by atoms with Gasteiger partial charge in [-0.25, -0.2) is 0 Å². The van der Waals surface area contributed by atoms with Crippen LogP contribution in [0, 0.1) is 0 Å². The van der Waals surface area contributed by atoms with Crippen molar-refractivity contribution in [2.24, 2.45) is 16.0 Å². The molecule has 0 spiro atoms. The van der Waals surface area contributed by atoms with Crippen LogP contribution >= 0.6 is 0 Å². The number of nitrogens with two attached hydrogens (primary N) is 1. The van der Waals surface area contributed by atoms with Gasteiger partial charge in [0, 0.05) is 6.04 Å². The molecule has 0 radical (unpaired) electrons. The van der Waals surface area contributed by atoms with Crippen LogP contribution in [-0.2, 0) is 0 Å². The Hall–Kier alpha value is -0.700. The first kappa shape index (κ1) is 6.42. The smallest absolute Gasteiger partial charge is 0.0806 e. The minimum Gasteiger partial charge on any atom is -0.323 e. The largest absolute Gasteiger partial charge is 0.323 e. The zero-order chi connectivity index (χ0) is 6.69. The minimum absolute atomic E-state index is 0.0937. The fraction of sp³-hybridized carbons (Fsp3) is 0.667. The van der Waals surface area contributed by atoms with E-state index in [-0.39, 0.29) is 6.04 Å². The van der Waals surface area contributed by atoms with E-state index in [9.17, 15) is 0 Å². The van der Waals surface area contributed by atoms with Crippen molar-refractivity contribution in [1.82, 2.24) is 0 Å². The fourth-order valence-corrected chi connectivity index (χ4v) is 0.732. The Labute approximate surface area is 54.7 Å². The average molecular weight is 125 g/mol. The van der Waals surface area contributed by atoms with E-state index in [2.05, 4.69) is 10.2 Å². The number of azo groups is 1. The molecule has 0 saturated heterocycles. The van der Waals surface area contributed by atoms with Gasteiger partial charge in [0.2, 0.25) is 0 Å². The molecule has 1 atom stereocenters. The summed E-state index contributed by atoms with van der Waals surface area (Å²) in [6.07, 6.45) is 2.90. The van der Waals surface area contributed by atoms with E-state index < -0.39 is 0 Å². The summed E-state index contributed by atoms with van der Waals surface area (Å²) in [6.45, 7) is 2.75. The first-order chi connectivity index (χ1) is 4.34. The van der Waals surface area contributed by atoms with Crippen LogP contribution in [-0.4, -0.2) is 12.6 Å². The van der Waals surface area contributed by atoms with Gasteiger partial charge in [-0.15, -0.1) is 0 Å². The molecule has 0 fully saturated rings. The maximum Gasteiger partial charge on any atom is 0.0806 e. The molecule has 1 heterocycles. The first-order valence-electron chi connectivity index (χ1n) is 3.17. The maximum atomic E-state index is 5.66. The molecule has 2 N–H and O–H groups in total. The summed E-state index contributed by atoms with van der Waals surface area (Å²) in [7, 11) is 0. The van der Waals surface area contributed by atoms with E-state index >= 15 is 0 Å². The summed E-state index contributed by atoms with van der Waals surface area (Å²) in [5, 5.41) is 7.65. The van der Waals surface area contributed by atoms with Gasteiger partial charge in [-0.2, -0.15) is 10.2 Å². The molecule has 1 aliphatic heterocycles. The van der Waals surface area contributed by atoms with E-state index in [4.69, 9.17) is 5.73 Å². The van der Waals surface area contributed by atoms with Gasteiger partial charge in [-0.1, -0.05) is 6.92 Å². The summed E-state index contributed by atoms with van der Waals surface area (Å²) < 4.78 is 0. The van der Waals surface area contributed by atoms with Crippen molar-refractivity contribution < 1.29 is 0 Å². The van der Waals surface area contributed by atoms with Crippen LogP contribution in [0.1, 0.15) is 13.3 Å². The number of hydrogen-bond acceptors (Lipinski definition) is 3. The molecule has 9 heavy (non-hydrogen) atoms. The Kier molecular flexibility index (Phi) is 1.95. The van der Waals surface area contributed by atoms with Crippen LogP contribution < -0.4 is 5.73 Å². The van der Waals surface area contributed by atoms with Gasteiger partial charge >= 0.3 is 0 Å². The minimum atomic E-state index is 0.0937. The highest BCUT2D eigenvalue weighted by atomic mass is 15.1. The lowest BCUT2D eigenvalue weighted by Gasteiger charge is -2.03. The third-order valence-corrected chi connectivity index (χ3v) is 1.39. The normalized spacial score (nSPS) is 20.0. The van der Waals surface area contributed by atoms with Gasteiger partial charge in [0.05, 0.1) is 12.2 Å². The third kappa shape index (κ3) is 1.36. The summed E-state index contributed by atoms with van der Waals surface area (Å²) in [4.78, 5) is 0. The van der Waals surface area contributed by atoms with E-state index in [1.54, 1.807) is 0 Å². The van der Waals surface area contributed by atoms with Crippen molar-refractivity contribution in [2.75, 3.05) is 6.54 Å². The highest BCUT2D eigenvalue weighted by molar-refractivity contribution is 5.10. The summed E-state index contributed by atoms with van der Waals surface area (Å²) in [5.74, 6) is 0. The van der Waals surface area contributed by atoms with Crippen molar-refractivity contribution >= 4 is 0 Å². The lowest BCUT2D eigenvalue weighted by atomic mass is 10.2. The quantitative estimate of drug-likeness (QED) is 0.589. The Morgan fingerprint density at radius 2 is 2.67 bits per heavy atom. The molecule has 3 heteroatoms. The molecule has 0 aromatic carbocycles. The van der Waals surface area contributed by atoms with E-state index in [0.717, 1.165) is 12.1 Å². The second-order valence-electron chi connectivity index (χ2n) is 2.07. The molecule has 0 saturated carbocycles. The van der Waals surface area contributed by atoms with Gasteiger partial charge in [0.15, 0.2) is 0 Å². The van der Waals surface area contributed by atoms with Crippen molar-refractivity contribution in [1.29, 1.82) is 0 Å². The molecule has 0 aliphatic carbocycles. The highest BCUT2D eigenvalue weighted by Gasteiger charge is 2.07. The molecule has 0 aromatic rings. The predicted molar refractivity (Wildman–Crippen MR) is 36.1 cm³/mol.